The van der Waals surface area contributed by atoms with Gasteiger partial charge < -0.3 is 9.47 Å². The lowest BCUT2D eigenvalue weighted by molar-refractivity contribution is -0.147. The number of ether oxygens (including phenoxy) is 2. The van der Waals surface area contributed by atoms with Crippen LogP contribution in [-0.4, -0.2) is 19.7 Å². The van der Waals surface area contributed by atoms with Gasteiger partial charge in [0.25, 0.3) is 0 Å². The van der Waals surface area contributed by atoms with Gasteiger partial charge in [-0.25, -0.2) is 0 Å². The number of hydrogen-bond donors (Lipinski definition) is 0. The molecule has 0 aliphatic heterocycles. The predicted octanol–water partition coefficient (Wildman–Crippen LogP) is 3.60. The number of aryl methyl sites for hydroxylation is 1. The van der Waals surface area contributed by atoms with E-state index >= 15 is 0 Å². The first kappa shape index (κ1) is 15.5. The van der Waals surface area contributed by atoms with Crippen LogP contribution < -0.4 is 4.74 Å². The van der Waals surface area contributed by atoms with Gasteiger partial charge in [0.05, 0.1) is 13.0 Å². The molecule has 0 saturated heterocycles. The van der Waals surface area contributed by atoms with Crippen molar-refractivity contribution in [3.8, 4) is 5.75 Å². The highest BCUT2D eigenvalue weighted by atomic mass is 16.5. The topological polar surface area (TPSA) is 35.5 Å². The summed E-state index contributed by atoms with van der Waals surface area (Å²) in [4.78, 5) is 11.8. The number of esters is 1. The van der Waals surface area contributed by atoms with Crippen molar-refractivity contribution in [1.29, 1.82) is 0 Å². The summed E-state index contributed by atoms with van der Waals surface area (Å²) >= 11 is 0. The zero-order valence-electron chi connectivity index (χ0n) is 12.5. The van der Waals surface area contributed by atoms with Crippen molar-refractivity contribution in [3.63, 3.8) is 0 Å². The minimum absolute atomic E-state index is 0.0643. The molecule has 1 atom stereocenters. The fraction of sp³-hybridized carbons (Fsp3) is 0.562. The van der Waals surface area contributed by atoms with Crippen molar-refractivity contribution in [2.24, 2.45) is 11.3 Å². The van der Waals surface area contributed by atoms with Gasteiger partial charge in [0, 0.05) is 0 Å². The Hall–Kier alpha value is -1.51. The van der Waals surface area contributed by atoms with Crippen molar-refractivity contribution in [2.45, 2.75) is 34.1 Å². The molecule has 1 rings (SSSR count). The van der Waals surface area contributed by atoms with E-state index in [-0.39, 0.29) is 17.3 Å². The third-order valence-electron chi connectivity index (χ3n) is 2.83. The first-order valence-corrected chi connectivity index (χ1v) is 6.59. The highest BCUT2D eigenvalue weighted by Crippen LogP contribution is 2.26. The monoisotopic (exact) mass is 264 g/mol. The van der Waals surface area contributed by atoms with E-state index in [0.717, 1.165) is 17.7 Å². The summed E-state index contributed by atoms with van der Waals surface area (Å²) in [7, 11) is 1.42. The van der Waals surface area contributed by atoms with Gasteiger partial charge in [0.15, 0.2) is 0 Å². The molecular weight excluding hydrogens is 240 g/mol. The van der Waals surface area contributed by atoms with E-state index in [2.05, 4.69) is 20.8 Å². The molecule has 0 amide bonds. The summed E-state index contributed by atoms with van der Waals surface area (Å²) in [5.74, 6) is 0.357. The fourth-order valence-electron chi connectivity index (χ4n) is 2.02. The molecule has 0 saturated carbocycles. The fourth-order valence-corrected chi connectivity index (χ4v) is 2.02. The summed E-state index contributed by atoms with van der Waals surface area (Å²) in [6.07, 6.45) is 0.742. The van der Waals surface area contributed by atoms with Crippen LogP contribution in [0.2, 0.25) is 0 Å². The lowest BCUT2D eigenvalue weighted by Gasteiger charge is -2.24. The van der Waals surface area contributed by atoms with E-state index < -0.39 is 0 Å². The lowest BCUT2D eigenvalue weighted by atomic mass is 9.85. The average Bonchev–Trinajstić information content (AvgIpc) is 2.32. The Balaban J connectivity index is 2.65. The molecule has 0 radical (unpaired) electrons. The zero-order valence-corrected chi connectivity index (χ0v) is 12.5. The second kappa shape index (κ2) is 6.60. The van der Waals surface area contributed by atoms with Crippen molar-refractivity contribution in [2.75, 3.05) is 13.7 Å². The SMILES string of the molecule is COC(=O)C(COc1cccc(C)c1)CC(C)(C)C. The van der Waals surface area contributed by atoms with Gasteiger partial charge in [-0.1, -0.05) is 32.9 Å². The van der Waals surface area contributed by atoms with E-state index in [1.165, 1.54) is 7.11 Å². The Bertz CT molecular complexity index is 418. The molecule has 0 aliphatic rings. The molecule has 19 heavy (non-hydrogen) atoms. The molecule has 1 aromatic rings. The molecule has 0 N–H and O–H groups in total. The number of benzene rings is 1. The number of carbonyl (C=O) groups is 1. The summed E-state index contributed by atoms with van der Waals surface area (Å²) in [6, 6.07) is 7.82. The molecule has 0 aromatic heterocycles. The standard InChI is InChI=1S/C16H24O3/c1-12-7-6-8-14(9-12)19-11-13(15(17)18-5)10-16(2,3)4/h6-9,13H,10-11H2,1-5H3. The van der Waals surface area contributed by atoms with Crippen LogP contribution in [0.5, 0.6) is 5.75 Å². The van der Waals surface area contributed by atoms with Crippen molar-refractivity contribution < 1.29 is 14.3 Å². The summed E-state index contributed by atoms with van der Waals surface area (Å²) < 4.78 is 10.6. The van der Waals surface area contributed by atoms with Crippen LogP contribution in [0, 0.1) is 18.3 Å². The molecule has 0 aliphatic carbocycles. The summed E-state index contributed by atoms with van der Waals surface area (Å²) in [5, 5.41) is 0. The van der Waals surface area contributed by atoms with E-state index in [4.69, 9.17) is 9.47 Å². The molecule has 3 nitrogen and oxygen atoms in total. The maximum atomic E-state index is 11.8. The van der Waals surface area contributed by atoms with Gasteiger partial charge in [-0.3, -0.25) is 4.79 Å². The van der Waals surface area contributed by atoms with Crippen LogP contribution >= 0.6 is 0 Å². The maximum absolute atomic E-state index is 11.8. The number of carbonyl (C=O) groups excluding carboxylic acids is 1. The minimum atomic E-state index is -0.231. The highest BCUT2D eigenvalue weighted by molar-refractivity contribution is 5.72. The summed E-state index contributed by atoms with van der Waals surface area (Å²) in [6.45, 7) is 8.69. The van der Waals surface area contributed by atoms with E-state index in [1.54, 1.807) is 0 Å². The first-order valence-electron chi connectivity index (χ1n) is 6.59. The van der Waals surface area contributed by atoms with Crippen molar-refractivity contribution in [1.82, 2.24) is 0 Å². The first-order chi connectivity index (χ1) is 8.81. The van der Waals surface area contributed by atoms with E-state index in [0.29, 0.717) is 6.61 Å². The average molecular weight is 264 g/mol. The quantitative estimate of drug-likeness (QED) is 0.762. The third-order valence-corrected chi connectivity index (χ3v) is 2.83. The van der Waals surface area contributed by atoms with Crippen LogP contribution in [0.1, 0.15) is 32.8 Å². The number of methoxy groups -OCH3 is 1. The lowest BCUT2D eigenvalue weighted by Crippen LogP contribution is -2.27. The Labute approximate surface area is 115 Å². The van der Waals surface area contributed by atoms with Crippen LogP contribution in [0.3, 0.4) is 0 Å². The van der Waals surface area contributed by atoms with E-state index in [1.807, 2.05) is 31.2 Å². The Morgan fingerprint density at radius 1 is 1.32 bits per heavy atom. The smallest absolute Gasteiger partial charge is 0.312 e. The Kier molecular flexibility index (Phi) is 5.40. The van der Waals surface area contributed by atoms with Crippen molar-refractivity contribution >= 4 is 5.97 Å². The van der Waals surface area contributed by atoms with Gasteiger partial charge in [-0.2, -0.15) is 0 Å². The highest BCUT2D eigenvalue weighted by Gasteiger charge is 2.26. The van der Waals surface area contributed by atoms with Gasteiger partial charge in [-0.05, 0) is 36.5 Å². The van der Waals surface area contributed by atoms with E-state index in [9.17, 15) is 4.79 Å². The molecule has 1 aromatic carbocycles. The Morgan fingerprint density at radius 3 is 2.53 bits per heavy atom. The van der Waals surface area contributed by atoms with Crippen LogP contribution in [0.25, 0.3) is 0 Å². The van der Waals surface area contributed by atoms with Gasteiger partial charge in [0.1, 0.15) is 12.4 Å². The molecule has 0 fully saturated rings. The number of hydrogen-bond acceptors (Lipinski definition) is 3. The molecule has 106 valence electrons. The van der Waals surface area contributed by atoms with Gasteiger partial charge >= 0.3 is 5.97 Å². The minimum Gasteiger partial charge on any atom is -0.493 e. The molecule has 0 spiro atoms. The maximum Gasteiger partial charge on any atom is 0.312 e. The molecule has 0 heterocycles. The largest absolute Gasteiger partial charge is 0.493 e. The Morgan fingerprint density at radius 2 is 2.00 bits per heavy atom. The molecule has 3 heteroatoms. The third kappa shape index (κ3) is 5.77. The van der Waals surface area contributed by atoms with Crippen molar-refractivity contribution in [3.05, 3.63) is 29.8 Å². The summed E-state index contributed by atoms with van der Waals surface area (Å²) in [5.41, 5.74) is 1.21. The second-order valence-electron chi connectivity index (χ2n) is 6.11. The number of rotatable bonds is 5. The van der Waals surface area contributed by atoms with Crippen LogP contribution in [0.4, 0.5) is 0 Å². The van der Waals surface area contributed by atoms with Gasteiger partial charge in [-0.15, -0.1) is 0 Å². The second-order valence-corrected chi connectivity index (χ2v) is 6.11. The molecule has 0 bridgehead atoms. The normalized spacial score (nSPS) is 12.9. The predicted molar refractivity (Wildman–Crippen MR) is 76.3 cm³/mol. The van der Waals surface area contributed by atoms with Crippen LogP contribution in [-0.2, 0) is 9.53 Å². The van der Waals surface area contributed by atoms with Crippen LogP contribution in [0.15, 0.2) is 24.3 Å². The van der Waals surface area contributed by atoms with Gasteiger partial charge in [0.2, 0.25) is 0 Å². The molecular formula is C16H24O3. The zero-order chi connectivity index (χ0) is 14.5. The molecule has 1 unspecified atom stereocenters.